The van der Waals surface area contributed by atoms with E-state index in [1.807, 2.05) is 0 Å². The molecule has 0 N–H and O–H groups in total. The summed E-state index contributed by atoms with van der Waals surface area (Å²) >= 11 is 0. The predicted molar refractivity (Wildman–Crippen MR) is 21.4 cm³/mol. The monoisotopic (exact) mass is 216 g/mol. The second-order valence-corrected chi connectivity index (χ2v) is 0.983. The first-order chi connectivity index (χ1) is 3.46. The molecule has 0 saturated carbocycles. The molecule has 0 unspecified atom stereocenters. The predicted octanol–water partition coefficient (Wildman–Crippen LogP) is -2.49. The molecule has 52 valence electrons. The van der Waals surface area contributed by atoms with Crippen molar-refractivity contribution < 1.29 is 40.9 Å². The van der Waals surface area contributed by atoms with Gasteiger partial charge in [0.15, 0.2) is 0 Å². The van der Waals surface area contributed by atoms with E-state index in [2.05, 4.69) is 0 Å². The average Bonchev–Trinajstić information content (AvgIpc) is 1.25. The summed E-state index contributed by atoms with van der Waals surface area (Å²) in [6.07, 6.45) is 0. The molecule has 0 radical (unpaired) electrons. The van der Waals surface area contributed by atoms with Gasteiger partial charge in [0.05, 0.1) is 0 Å². The van der Waals surface area contributed by atoms with Crippen LogP contribution in [0.15, 0.2) is 0 Å². The van der Waals surface area contributed by atoms with Crippen molar-refractivity contribution in [1.29, 1.82) is 0 Å². The summed E-state index contributed by atoms with van der Waals surface area (Å²) < 4.78 is 0. The van der Waals surface area contributed by atoms with E-state index >= 15 is 0 Å². The number of aliphatic carboxylic acids is 2. The maximum atomic E-state index is 8.89. The molecule has 5 heteroatoms. The first-order valence-electron chi connectivity index (χ1n) is 1.82. The molecule has 0 aliphatic carbocycles. The van der Waals surface area contributed by atoms with E-state index in [0.29, 0.717) is 0 Å². The van der Waals surface area contributed by atoms with Crippen LogP contribution in [-0.2, 0) is 30.7 Å². The van der Waals surface area contributed by atoms with E-state index in [4.69, 9.17) is 19.8 Å². The summed E-state index contributed by atoms with van der Waals surface area (Å²) in [4.78, 5) is 17.8. The molecule has 0 saturated heterocycles. The Kier molecular flexibility index (Phi) is 18.6. The minimum atomic E-state index is -1.08. The summed E-state index contributed by atoms with van der Waals surface area (Å²) in [6.45, 7) is 1.94. The largest absolute Gasteiger partial charge is 2.00 e. The van der Waals surface area contributed by atoms with Crippen LogP contribution in [0.4, 0.5) is 0 Å². The Bertz CT molecular complexity index is 70.6. The molecule has 0 aromatic carbocycles. The second kappa shape index (κ2) is 10.6. The van der Waals surface area contributed by atoms with Crippen molar-refractivity contribution in [3.8, 4) is 0 Å². The van der Waals surface area contributed by atoms with E-state index in [1.165, 1.54) is 0 Å². The third-order valence-electron chi connectivity index (χ3n) is 0. The first-order valence-corrected chi connectivity index (χ1v) is 1.82. The fourth-order valence-electron chi connectivity index (χ4n) is 0. The summed E-state index contributed by atoms with van der Waals surface area (Å²) in [6, 6.07) is 0. The number of carbonyl (C=O) groups is 2. The van der Waals surface area contributed by atoms with Crippen LogP contribution >= 0.6 is 0 Å². The number of carboxylic acid groups (broad SMARTS) is 2. The van der Waals surface area contributed by atoms with Gasteiger partial charge in [-0.05, 0) is 13.8 Å². The number of carbonyl (C=O) groups excluding carboxylic acids is 2. The molecule has 0 atom stereocenters. The van der Waals surface area contributed by atoms with Gasteiger partial charge in [-0.1, -0.05) is 0 Å². The fraction of sp³-hybridized carbons (Fsp3) is 0.500. The molecule has 0 fully saturated rings. The molecule has 0 rings (SSSR count). The minimum Gasteiger partial charge on any atom is -0.550 e. The van der Waals surface area contributed by atoms with Gasteiger partial charge in [-0.15, -0.1) is 0 Å². The van der Waals surface area contributed by atoms with Crippen molar-refractivity contribution in [2.24, 2.45) is 0 Å². The van der Waals surface area contributed by atoms with E-state index < -0.39 is 11.9 Å². The molecule has 4 nitrogen and oxygen atoms in total. The molecular formula is C4H6MoO4. The number of rotatable bonds is 0. The third kappa shape index (κ3) is 1750. The average molecular weight is 214 g/mol. The molecule has 0 aliphatic rings. The van der Waals surface area contributed by atoms with Gasteiger partial charge >= 0.3 is 21.1 Å². The van der Waals surface area contributed by atoms with Gasteiger partial charge in [0.1, 0.15) is 0 Å². The number of carboxylic acids is 2. The van der Waals surface area contributed by atoms with E-state index in [1.54, 1.807) is 0 Å². The van der Waals surface area contributed by atoms with Crippen molar-refractivity contribution in [3.05, 3.63) is 0 Å². The SMILES string of the molecule is CC(=O)[O-].CC(=O)[O-].[Mo+2]. The zero-order chi connectivity index (χ0) is 7.15. The van der Waals surface area contributed by atoms with Gasteiger partial charge in [-0.25, -0.2) is 0 Å². The summed E-state index contributed by atoms with van der Waals surface area (Å²) in [5.41, 5.74) is 0. The number of hydrogen-bond acceptors (Lipinski definition) is 4. The molecule has 0 aliphatic heterocycles. The zero-order valence-corrected chi connectivity index (χ0v) is 7.05. The Balaban J connectivity index is -0.0000000720. The minimum absolute atomic E-state index is 0. The van der Waals surface area contributed by atoms with Crippen molar-refractivity contribution in [1.82, 2.24) is 0 Å². The Morgan fingerprint density at radius 3 is 1.00 bits per heavy atom. The molecule has 0 spiro atoms. The summed E-state index contributed by atoms with van der Waals surface area (Å²) in [7, 11) is 0. The van der Waals surface area contributed by atoms with Crippen molar-refractivity contribution in [2.45, 2.75) is 13.8 Å². The van der Waals surface area contributed by atoms with Crippen LogP contribution in [0.5, 0.6) is 0 Å². The van der Waals surface area contributed by atoms with E-state index in [-0.39, 0.29) is 21.1 Å². The van der Waals surface area contributed by atoms with Crippen LogP contribution in [0.25, 0.3) is 0 Å². The molecule has 9 heavy (non-hydrogen) atoms. The van der Waals surface area contributed by atoms with Crippen LogP contribution in [0.1, 0.15) is 13.8 Å². The Morgan fingerprint density at radius 2 is 1.00 bits per heavy atom. The van der Waals surface area contributed by atoms with Crippen molar-refractivity contribution in [3.63, 3.8) is 0 Å². The Morgan fingerprint density at radius 1 is 1.00 bits per heavy atom. The third-order valence-corrected chi connectivity index (χ3v) is 0. The van der Waals surface area contributed by atoms with Crippen molar-refractivity contribution >= 4 is 11.9 Å². The molecule has 0 aromatic heterocycles. The normalized spacial score (nSPS) is 5.56. The van der Waals surface area contributed by atoms with Crippen LogP contribution in [0.2, 0.25) is 0 Å². The van der Waals surface area contributed by atoms with E-state index in [9.17, 15) is 0 Å². The standard InChI is InChI=1S/2C2H4O2.Mo/c2*1-2(3)4;/h2*1H3,(H,3,4);/q;;+2/p-2. The molecule has 0 amide bonds. The molecule has 0 aromatic rings. The first kappa shape index (κ1) is 15.8. The summed E-state index contributed by atoms with van der Waals surface area (Å²) in [5.74, 6) is -2.17. The van der Waals surface area contributed by atoms with Gasteiger partial charge in [0.2, 0.25) is 0 Å². The molecule has 0 heterocycles. The van der Waals surface area contributed by atoms with Gasteiger partial charge in [0.25, 0.3) is 0 Å². The Labute approximate surface area is 67.1 Å². The van der Waals surface area contributed by atoms with Crippen LogP contribution in [-0.4, -0.2) is 11.9 Å². The van der Waals surface area contributed by atoms with Gasteiger partial charge in [0, 0.05) is 11.9 Å². The quantitative estimate of drug-likeness (QED) is 0.418. The van der Waals surface area contributed by atoms with Crippen LogP contribution in [0.3, 0.4) is 0 Å². The van der Waals surface area contributed by atoms with Crippen LogP contribution in [0, 0.1) is 0 Å². The van der Waals surface area contributed by atoms with Crippen molar-refractivity contribution in [2.75, 3.05) is 0 Å². The van der Waals surface area contributed by atoms with E-state index in [0.717, 1.165) is 13.8 Å². The zero-order valence-electron chi connectivity index (χ0n) is 5.04. The van der Waals surface area contributed by atoms with Gasteiger partial charge in [-0.2, -0.15) is 0 Å². The Hall–Kier alpha value is -0.372. The van der Waals surface area contributed by atoms with Crippen LogP contribution < -0.4 is 10.2 Å². The number of hydrogen-bond donors (Lipinski definition) is 0. The molecular weight excluding hydrogens is 208 g/mol. The van der Waals surface area contributed by atoms with Gasteiger partial charge < -0.3 is 19.8 Å². The maximum absolute atomic E-state index is 8.89. The second-order valence-electron chi connectivity index (χ2n) is 0.983. The summed E-state index contributed by atoms with van der Waals surface area (Å²) in [5, 5.41) is 17.8. The smallest absolute Gasteiger partial charge is 0.550 e. The van der Waals surface area contributed by atoms with Gasteiger partial charge in [-0.3, -0.25) is 0 Å². The topological polar surface area (TPSA) is 80.3 Å². The fourth-order valence-corrected chi connectivity index (χ4v) is 0. The maximum Gasteiger partial charge on any atom is 2.00 e. The molecule has 0 bridgehead atoms.